The lowest BCUT2D eigenvalue weighted by Crippen LogP contribution is -2.39. The van der Waals surface area contributed by atoms with Gasteiger partial charge in [-0.15, -0.1) is 0 Å². The van der Waals surface area contributed by atoms with E-state index in [-0.39, 0.29) is 36.0 Å². The zero-order valence-electron chi connectivity index (χ0n) is 12.6. The maximum Gasteiger partial charge on any atom is 0.309 e. The van der Waals surface area contributed by atoms with Gasteiger partial charge in [0.15, 0.2) is 0 Å². The summed E-state index contributed by atoms with van der Waals surface area (Å²) in [6, 6.07) is 0. The summed E-state index contributed by atoms with van der Waals surface area (Å²) >= 11 is 1.36. The van der Waals surface area contributed by atoms with Crippen LogP contribution in [0.3, 0.4) is 0 Å². The number of carbonyl (C=O) groups excluding carboxylic acids is 3. The topological polar surface area (TPSA) is 75.7 Å². The largest absolute Gasteiger partial charge is 0.469 e. The Bertz CT molecular complexity index is 336. The van der Waals surface area contributed by atoms with Crippen molar-refractivity contribution in [2.75, 3.05) is 38.8 Å². The van der Waals surface area contributed by atoms with Crippen LogP contribution >= 0.6 is 11.8 Å². The van der Waals surface area contributed by atoms with Gasteiger partial charge in [-0.25, -0.2) is 0 Å². The first kappa shape index (κ1) is 18.8. The van der Waals surface area contributed by atoms with E-state index in [2.05, 4.69) is 10.1 Å². The number of amides is 2. The highest BCUT2D eigenvalue weighted by atomic mass is 32.2. The van der Waals surface area contributed by atoms with Crippen molar-refractivity contribution in [1.29, 1.82) is 0 Å². The first-order chi connectivity index (χ1) is 9.42. The average Bonchev–Trinajstić information content (AvgIpc) is 2.43. The molecule has 0 fully saturated rings. The van der Waals surface area contributed by atoms with Gasteiger partial charge >= 0.3 is 5.97 Å². The minimum Gasteiger partial charge on any atom is -0.469 e. The van der Waals surface area contributed by atoms with Gasteiger partial charge in [0.2, 0.25) is 11.8 Å². The van der Waals surface area contributed by atoms with Crippen LogP contribution in [0.25, 0.3) is 0 Å². The van der Waals surface area contributed by atoms with E-state index < -0.39 is 0 Å². The van der Waals surface area contributed by atoms with Crippen LogP contribution in [0.1, 0.15) is 20.3 Å². The predicted octanol–water partition coefficient (Wildman–Crippen LogP) is 0.513. The summed E-state index contributed by atoms with van der Waals surface area (Å²) in [4.78, 5) is 35.8. The summed E-state index contributed by atoms with van der Waals surface area (Å²) in [5, 5.41) is 2.71. The second kappa shape index (κ2) is 10.5. The third kappa shape index (κ3) is 8.04. The summed E-state index contributed by atoms with van der Waals surface area (Å²) in [5.74, 6) is -0.0322. The Kier molecular flexibility index (Phi) is 9.88. The first-order valence-electron chi connectivity index (χ1n) is 6.58. The molecule has 116 valence electrons. The lowest BCUT2D eigenvalue weighted by atomic mass is 10.2. The molecule has 0 spiro atoms. The average molecular weight is 304 g/mol. The Morgan fingerprint density at radius 2 is 2.00 bits per heavy atom. The Morgan fingerprint density at radius 3 is 2.55 bits per heavy atom. The molecule has 2 amide bonds. The molecule has 6 nitrogen and oxygen atoms in total. The van der Waals surface area contributed by atoms with Crippen molar-refractivity contribution >= 4 is 29.5 Å². The molecular weight excluding hydrogens is 280 g/mol. The molecule has 0 aliphatic carbocycles. The zero-order valence-corrected chi connectivity index (χ0v) is 13.4. The van der Waals surface area contributed by atoms with Crippen LogP contribution in [-0.2, 0) is 19.1 Å². The van der Waals surface area contributed by atoms with Crippen molar-refractivity contribution in [2.24, 2.45) is 5.92 Å². The molecule has 0 aromatic rings. The van der Waals surface area contributed by atoms with E-state index in [0.29, 0.717) is 12.3 Å². The van der Waals surface area contributed by atoms with Crippen molar-refractivity contribution < 1.29 is 19.1 Å². The molecule has 0 saturated carbocycles. The lowest BCUT2D eigenvalue weighted by molar-refractivity contribution is -0.144. The standard InChI is InChI=1S/C13H24N2O4S/c1-5-6-14-11(16)7-15(3)12(17)9-20-8-10(2)13(18)19-4/h10H,5-9H2,1-4H3,(H,14,16). The molecule has 20 heavy (non-hydrogen) atoms. The fourth-order valence-electron chi connectivity index (χ4n) is 1.33. The summed E-state index contributed by atoms with van der Waals surface area (Å²) in [6.45, 7) is 4.40. The van der Waals surface area contributed by atoms with Crippen LogP contribution in [-0.4, -0.2) is 61.4 Å². The molecule has 0 saturated heterocycles. The zero-order chi connectivity index (χ0) is 15.5. The normalized spacial score (nSPS) is 11.6. The van der Waals surface area contributed by atoms with Crippen LogP contribution in [0.2, 0.25) is 0 Å². The third-order valence-corrected chi connectivity index (χ3v) is 3.76. The molecule has 1 N–H and O–H groups in total. The molecule has 1 unspecified atom stereocenters. The number of rotatable bonds is 9. The van der Waals surface area contributed by atoms with E-state index >= 15 is 0 Å². The number of carbonyl (C=O) groups is 3. The quantitative estimate of drug-likeness (QED) is 0.628. The van der Waals surface area contributed by atoms with Gasteiger partial charge in [0, 0.05) is 19.3 Å². The number of esters is 1. The van der Waals surface area contributed by atoms with Gasteiger partial charge in [0.25, 0.3) is 0 Å². The molecule has 0 aromatic heterocycles. The third-order valence-electron chi connectivity index (χ3n) is 2.58. The molecular formula is C13H24N2O4S. The first-order valence-corrected chi connectivity index (χ1v) is 7.74. The van der Waals surface area contributed by atoms with Gasteiger partial charge in [-0.05, 0) is 6.42 Å². The van der Waals surface area contributed by atoms with E-state index in [4.69, 9.17) is 0 Å². The summed E-state index contributed by atoms with van der Waals surface area (Å²) < 4.78 is 4.61. The highest BCUT2D eigenvalue weighted by Crippen LogP contribution is 2.10. The Labute approximate surface area is 124 Å². The van der Waals surface area contributed by atoms with E-state index in [0.717, 1.165) is 6.42 Å². The molecule has 0 rings (SSSR count). The van der Waals surface area contributed by atoms with Gasteiger partial charge in [-0.2, -0.15) is 11.8 Å². The second-order valence-electron chi connectivity index (χ2n) is 4.54. The molecule has 0 radical (unpaired) electrons. The number of ether oxygens (including phenoxy) is 1. The molecule has 0 aliphatic rings. The van der Waals surface area contributed by atoms with E-state index in [1.54, 1.807) is 14.0 Å². The van der Waals surface area contributed by atoms with Crippen LogP contribution in [0.5, 0.6) is 0 Å². The molecule has 0 aromatic carbocycles. The van der Waals surface area contributed by atoms with Crippen LogP contribution in [0.4, 0.5) is 0 Å². The fraction of sp³-hybridized carbons (Fsp3) is 0.769. The predicted molar refractivity (Wildman–Crippen MR) is 79.4 cm³/mol. The SMILES string of the molecule is CCCNC(=O)CN(C)C(=O)CSCC(C)C(=O)OC. The van der Waals surface area contributed by atoms with Crippen molar-refractivity contribution in [2.45, 2.75) is 20.3 Å². The number of likely N-dealkylation sites (N-methyl/N-ethyl adjacent to an activating group) is 1. The maximum atomic E-state index is 11.8. The molecule has 0 bridgehead atoms. The molecule has 1 atom stereocenters. The van der Waals surface area contributed by atoms with E-state index in [1.807, 2.05) is 6.92 Å². The van der Waals surface area contributed by atoms with Crippen LogP contribution in [0, 0.1) is 5.92 Å². The Morgan fingerprint density at radius 1 is 1.35 bits per heavy atom. The number of hydrogen-bond acceptors (Lipinski definition) is 5. The van der Waals surface area contributed by atoms with Gasteiger partial charge in [0.05, 0.1) is 25.3 Å². The van der Waals surface area contributed by atoms with Crippen molar-refractivity contribution in [1.82, 2.24) is 10.2 Å². The summed E-state index contributed by atoms with van der Waals surface area (Å²) in [5.41, 5.74) is 0. The van der Waals surface area contributed by atoms with Crippen molar-refractivity contribution in [3.05, 3.63) is 0 Å². The fourth-order valence-corrected chi connectivity index (χ4v) is 2.33. The highest BCUT2D eigenvalue weighted by molar-refractivity contribution is 7.99. The smallest absolute Gasteiger partial charge is 0.309 e. The van der Waals surface area contributed by atoms with E-state index in [1.165, 1.54) is 23.8 Å². The maximum absolute atomic E-state index is 11.8. The minimum atomic E-state index is -0.280. The van der Waals surface area contributed by atoms with Crippen LogP contribution < -0.4 is 5.32 Å². The molecule has 0 heterocycles. The number of nitrogens with one attached hydrogen (secondary N) is 1. The second-order valence-corrected chi connectivity index (χ2v) is 5.57. The number of thioether (sulfide) groups is 1. The van der Waals surface area contributed by atoms with Crippen LogP contribution in [0.15, 0.2) is 0 Å². The molecule has 0 aliphatic heterocycles. The van der Waals surface area contributed by atoms with E-state index in [9.17, 15) is 14.4 Å². The van der Waals surface area contributed by atoms with Gasteiger partial charge < -0.3 is 15.0 Å². The van der Waals surface area contributed by atoms with Crippen molar-refractivity contribution in [3.8, 4) is 0 Å². The van der Waals surface area contributed by atoms with Gasteiger partial charge in [-0.1, -0.05) is 13.8 Å². The highest BCUT2D eigenvalue weighted by Gasteiger charge is 2.16. The monoisotopic (exact) mass is 304 g/mol. The van der Waals surface area contributed by atoms with Gasteiger partial charge in [0.1, 0.15) is 0 Å². The number of nitrogens with zero attached hydrogens (tertiary/aromatic N) is 1. The van der Waals surface area contributed by atoms with Crippen molar-refractivity contribution in [3.63, 3.8) is 0 Å². The van der Waals surface area contributed by atoms with Gasteiger partial charge in [-0.3, -0.25) is 14.4 Å². The Balaban J connectivity index is 3.91. The summed E-state index contributed by atoms with van der Waals surface area (Å²) in [6.07, 6.45) is 0.866. The lowest BCUT2D eigenvalue weighted by Gasteiger charge is -2.17. The summed E-state index contributed by atoms with van der Waals surface area (Å²) in [7, 11) is 2.94. The minimum absolute atomic E-state index is 0.0615. The number of hydrogen-bond donors (Lipinski definition) is 1. The Hall–Kier alpha value is -1.24. The number of methoxy groups -OCH3 is 1. The molecule has 7 heteroatoms.